The van der Waals surface area contributed by atoms with E-state index in [1.165, 1.54) is 18.1 Å². The van der Waals surface area contributed by atoms with Crippen LogP contribution in [0.15, 0.2) is 67.3 Å². The molecule has 2 aromatic carbocycles. The van der Waals surface area contributed by atoms with Crippen molar-refractivity contribution < 1.29 is 46.6 Å². The number of carbonyl (C=O) groups excluding carboxylic acids is 4. The third-order valence-electron chi connectivity index (χ3n) is 10.3. The predicted molar refractivity (Wildman–Crippen MR) is 205 cm³/mol. The summed E-state index contributed by atoms with van der Waals surface area (Å²) in [7, 11) is -1.66. The van der Waals surface area contributed by atoms with Gasteiger partial charge in [-0.05, 0) is 43.2 Å². The first-order chi connectivity index (χ1) is 26.6. The van der Waals surface area contributed by atoms with Gasteiger partial charge in [-0.2, -0.15) is 8.42 Å². The van der Waals surface area contributed by atoms with Crippen LogP contribution in [0.1, 0.15) is 52.9 Å². The molecule has 6 rings (SSSR count). The van der Waals surface area contributed by atoms with Gasteiger partial charge in [-0.25, -0.2) is 14.5 Å². The number of nitrogens with one attached hydrogen (secondary N) is 3. The number of methoxy groups -OCH3 is 2. The van der Waals surface area contributed by atoms with Gasteiger partial charge < -0.3 is 24.8 Å². The lowest BCUT2D eigenvalue weighted by Crippen LogP contribution is -2.62. The van der Waals surface area contributed by atoms with Crippen LogP contribution in [-0.2, 0) is 34.2 Å². The molecule has 17 heteroatoms. The summed E-state index contributed by atoms with van der Waals surface area (Å²) in [5.41, 5.74) is -0.557. The van der Waals surface area contributed by atoms with E-state index in [1.807, 2.05) is 30.3 Å². The van der Waals surface area contributed by atoms with Gasteiger partial charge in [-0.1, -0.05) is 61.6 Å². The highest BCUT2D eigenvalue weighted by atomic mass is 32.2. The number of rotatable bonds is 12. The van der Waals surface area contributed by atoms with Crippen molar-refractivity contribution in [3.05, 3.63) is 67.3 Å². The van der Waals surface area contributed by atoms with Crippen molar-refractivity contribution >= 4 is 44.9 Å². The largest absolute Gasteiger partial charge is 0.497 e. The molecule has 16 nitrogen and oxygen atoms in total. The number of ether oxygens (including phenoxy) is 3. The van der Waals surface area contributed by atoms with E-state index < -0.39 is 69.2 Å². The summed E-state index contributed by atoms with van der Waals surface area (Å²) in [6.07, 6.45) is 1.18. The zero-order valence-corrected chi connectivity index (χ0v) is 32.9. The second kappa shape index (κ2) is 16.1. The van der Waals surface area contributed by atoms with E-state index in [0.29, 0.717) is 40.9 Å². The van der Waals surface area contributed by atoms with Crippen LogP contribution in [0, 0.1) is 11.3 Å². The molecule has 2 aliphatic heterocycles. The summed E-state index contributed by atoms with van der Waals surface area (Å²) >= 11 is 0. The minimum Gasteiger partial charge on any atom is -0.497 e. The lowest BCUT2D eigenvalue weighted by Gasteiger charge is -2.37. The maximum Gasteiger partial charge on any atom is 0.407 e. The molecule has 1 saturated carbocycles. The lowest BCUT2D eigenvalue weighted by molar-refractivity contribution is -0.149. The number of hydrogen-bond acceptors (Lipinski definition) is 11. The molecule has 2 unspecified atom stereocenters. The van der Waals surface area contributed by atoms with Crippen LogP contribution in [0.4, 0.5) is 4.79 Å². The molecule has 3 N–H and O–H groups in total. The van der Waals surface area contributed by atoms with Crippen molar-refractivity contribution in [2.45, 2.75) is 76.7 Å². The van der Waals surface area contributed by atoms with Crippen LogP contribution in [0.3, 0.4) is 0 Å². The number of aromatic nitrogens is 1. The maximum atomic E-state index is 14.8. The predicted octanol–water partition coefficient (Wildman–Crippen LogP) is 3.83. The summed E-state index contributed by atoms with van der Waals surface area (Å²) < 4.78 is 46.0. The fraction of sp³-hybridized carbons (Fsp3) is 0.462. The van der Waals surface area contributed by atoms with Crippen molar-refractivity contribution in [3.63, 3.8) is 0 Å². The summed E-state index contributed by atoms with van der Waals surface area (Å²) in [5, 5.41) is 6.02. The van der Waals surface area contributed by atoms with Crippen molar-refractivity contribution in [1.29, 1.82) is 0 Å². The number of fused-ring (bicyclic) bond motifs is 1. The van der Waals surface area contributed by atoms with E-state index in [0.717, 1.165) is 10.0 Å². The van der Waals surface area contributed by atoms with Crippen LogP contribution >= 0.6 is 0 Å². The van der Waals surface area contributed by atoms with Crippen molar-refractivity contribution in [2.75, 3.05) is 27.4 Å². The van der Waals surface area contributed by atoms with Gasteiger partial charge in [-0.15, -0.1) is 6.58 Å². The number of hydroxylamine groups is 1. The second-order valence-corrected chi connectivity index (χ2v) is 16.7. The Bertz CT molecular complexity index is 2100. The van der Waals surface area contributed by atoms with Crippen molar-refractivity contribution in [2.24, 2.45) is 11.3 Å². The Morgan fingerprint density at radius 1 is 1.05 bits per heavy atom. The molecule has 0 bridgehead atoms. The van der Waals surface area contributed by atoms with Gasteiger partial charge in [0.1, 0.15) is 29.1 Å². The summed E-state index contributed by atoms with van der Waals surface area (Å²) in [6.45, 7) is 9.29. The Morgan fingerprint density at radius 3 is 2.43 bits per heavy atom. The van der Waals surface area contributed by atoms with Crippen LogP contribution in [0.25, 0.3) is 22.2 Å². The van der Waals surface area contributed by atoms with Gasteiger partial charge in [0.15, 0.2) is 6.23 Å². The normalized spacial score (nSPS) is 23.1. The third-order valence-corrected chi connectivity index (χ3v) is 11.5. The van der Waals surface area contributed by atoms with Crippen molar-refractivity contribution in [1.82, 2.24) is 29.7 Å². The first-order valence-electron chi connectivity index (χ1n) is 18.4. The SMILES string of the molecule is C=CC1CC1(NC(=O)[C@@H]1CC[C@@H](Oc2cc(-c3ccccc3)nc3cc(OC)ccc23)N1C(=O)[C@H](NC(=O)OC)C(C)(C)C)C(=O)NS(=O)(=O)N1CCCCO1. The molecule has 3 aromatic rings. The second-order valence-electron chi connectivity index (χ2n) is 15.1. The van der Waals surface area contributed by atoms with Crippen LogP contribution in [-0.4, -0.2) is 97.8 Å². The molecule has 56 heavy (non-hydrogen) atoms. The van der Waals surface area contributed by atoms with Gasteiger partial charge in [0.25, 0.3) is 5.91 Å². The van der Waals surface area contributed by atoms with E-state index in [-0.39, 0.29) is 32.4 Å². The Kier molecular flexibility index (Phi) is 11.6. The fourth-order valence-corrected chi connectivity index (χ4v) is 8.19. The summed E-state index contributed by atoms with van der Waals surface area (Å²) in [4.78, 5) is 66.9. The number of pyridine rings is 1. The summed E-state index contributed by atoms with van der Waals surface area (Å²) in [5.74, 6) is -1.95. The van der Waals surface area contributed by atoms with Crippen LogP contribution < -0.4 is 24.8 Å². The third kappa shape index (κ3) is 8.29. The standard InChI is InChI=1S/C39H48N6O10S/c1-7-25-23-39(25,36(48)43-56(50,51)44-19-11-12-20-54-44)42-34(46)30-17-18-32(45(30)35(47)33(38(2,3)4)41-37(49)53-6)55-31-22-28(24-13-9-8-10-14-24)40-29-21-26(52-5)15-16-27(29)31/h7-10,13-16,21-22,25,30,32-33H,1,11-12,17-20,23H2,2-6H3,(H,41,49)(H,42,46)(H,43,48)/t25?,30-,32+,33-,39?/m0/s1. The zero-order chi connectivity index (χ0) is 40.4. The van der Waals surface area contributed by atoms with Gasteiger partial charge in [-0.3, -0.25) is 24.1 Å². The molecule has 300 valence electrons. The molecule has 5 atom stereocenters. The molecule has 3 heterocycles. The van der Waals surface area contributed by atoms with Gasteiger partial charge in [0, 0.05) is 42.0 Å². The number of alkyl carbamates (subject to hydrolysis) is 1. The minimum atomic E-state index is -4.39. The van der Waals surface area contributed by atoms with E-state index in [1.54, 1.807) is 52.1 Å². The molecule has 3 aliphatic rings. The highest BCUT2D eigenvalue weighted by molar-refractivity contribution is 7.87. The molecular weight excluding hydrogens is 745 g/mol. The Morgan fingerprint density at radius 2 is 1.80 bits per heavy atom. The number of carbonyl (C=O) groups is 4. The van der Waals surface area contributed by atoms with E-state index in [4.69, 9.17) is 24.0 Å². The summed E-state index contributed by atoms with van der Waals surface area (Å²) in [6, 6.07) is 14.2. The van der Waals surface area contributed by atoms with Gasteiger partial charge >= 0.3 is 16.3 Å². The van der Waals surface area contributed by atoms with E-state index >= 15 is 0 Å². The number of likely N-dealkylation sites (tertiary alicyclic amines) is 1. The Balaban J connectivity index is 1.36. The molecular formula is C39H48N6O10S. The number of nitrogens with zero attached hydrogens (tertiary/aromatic N) is 3. The molecule has 0 spiro atoms. The van der Waals surface area contributed by atoms with Crippen molar-refractivity contribution in [3.8, 4) is 22.8 Å². The first kappa shape index (κ1) is 40.4. The van der Waals surface area contributed by atoms with Crippen LogP contribution in [0.5, 0.6) is 11.5 Å². The van der Waals surface area contributed by atoms with E-state index in [2.05, 4.69) is 21.9 Å². The average Bonchev–Trinajstić information content (AvgIpc) is 3.75. The smallest absolute Gasteiger partial charge is 0.407 e. The highest BCUT2D eigenvalue weighted by Gasteiger charge is 2.62. The van der Waals surface area contributed by atoms with Gasteiger partial charge in [0.2, 0.25) is 11.8 Å². The average molecular weight is 793 g/mol. The molecule has 1 aromatic heterocycles. The number of hydrogen-bond donors (Lipinski definition) is 3. The number of benzene rings is 2. The molecule has 0 radical (unpaired) electrons. The fourth-order valence-electron chi connectivity index (χ4n) is 7.09. The molecule has 1 aliphatic carbocycles. The number of amides is 4. The monoisotopic (exact) mass is 792 g/mol. The highest BCUT2D eigenvalue weighted by Crippen LogP contribution is 2.45. The maximum absolute atomic E-state index is 14.8. The van der Waals surface area contributed by atoms with Gasteiger partial charge in [0.05, 0.1) is 32.0 Å². The first-order valence-corrected chi connectivity index (χ1v) is 19.9. The molecule has 2 saturated heterocycles. The van der Waals surface area contributed by atoms with E-state index in [9.17, 15) is 27.6 Å². The lowest BCUT2D eigenvalue weighted by atomic mass is 9.85. The molecule has 4 amide bonds. The molecule has 3 fully saturated rings. The Hall–Kier alpha value is -5.26. The topological polar surface area (TPSA) is 195 Å². The zero-order valence-electron chi connectivity index (χ0n) is 32.1. The van der Waals surface area contributed by atoms with Crippen LogP contribution in [0.2, 0.25) is 0 Å². The quantitative estimate of drug-likeness (QED) is 0.226. The Labute approximate surface area is 326 Å². The minimum absolute atomic E-state index is 0.0646.